The van der Waals surface area contributed by atoms with E-state index in [1.54, 1.807) is 6.26 Å². The second-order valence-electron chi connectivity index (χ2n) is 3.70. The normalized spacial score (nSPS) is 10.7. The van der Waals surface area contributed by atoms with Gasteiger partial charge in [0.05, 0.1) is 12.9 Å². The first-order valence-electron chi connectivity index (χ1n) is 5.37. The quantitative estimate of drug-likeness (QED) is 0.888. The van der Waals surface area contributed by atoms with E-state index in [-0.39, 0.29) is 0 Å². The second kappa shape index (κ2) is 5.87. The molecule has 1 aromatic heterocycles. The lowest BCUT2D eigenvalue weighted by molar-refractivity contribution is 0.0930. The summed E-state index contributed by atoms with van der Waals surface area (Å²) >= 11 is 6.11. The third-order valence-corrected chi connectivity index (χ3v) is 2.79. The van der Waals surface area contributed by atoms with Gasteiger partial charge >= 0.3 is 0 Å². The highest BCUT2D eigenvalue weighted by atomic mass is 35.5. The van der Waals surface area contributed by atoms with Crippen LogP contribution in [-0.2, 0) is 24.5 Å². The van der Waals surface area contributed by atoms with Crippen LogP contribution < -0.4 is 5.73 Å². The molecule has 0 amide bonds. The zero-order chi connectivity index (χ0) is 12.1. The van der Waals surface area contributed by atoms with Crippen LogP contribution in [0, 0.1) is 0 Å². The zero-order valence-electron chi connectivity index (χ0n) is 9.36. The fraction of sp³-hybridized carbons (Fsp3) is 0.231. The van der Waals surface area contributed by atoms with E-state index < -0.39 is 0 Å². The Morgan fingerprint density at radius 3 is 2.76 bits per heavy atom. The summed E-state index contributed by atoms with van der Waals surface area (Å²) in [5, 5.41) is 0.687. The van der Waals surface area contributed by atoms with Crippen molar-refractivity contribution in [2.45, 2.75) is 19.8 Å². The van der Waals surface area contributed by atoms with E-state index in [9.17, 15) is 0 Å². The highest BCUT2D eigenvalue weighted by Crippen LogP contribution is 2.19. The Kier molecular flexibility index (Phi) is 4.20. The van der Waals surface area contributed by atoms with Crippen LogP contribution in [0.5, 0.6) is 0 Å². The van der Waals surface area contributed by atoms with Gasteiger partial charge in [-0.15, -0.1) is 0 Å². The van der Waals surface area contributed by atoms with Gasteiger partial charge in [0.25, 0.3) is 0 Å². The van der Waals surface area contributed by atoms with E-state index in [0.717, 1.165) is 16.9 Å². The number of furan rings is 1. The van der Waals surface area contributed by atoms with Gasteiger partial charge in [-0.1, -0.05) is 23.7 Å². The monoisotopic (exact) mass is 251 g/mol. The van der Waals surface area contributed by atoms with E-state index in [1.165, 1.54) is 0 Å². The second-order valence-corrected chi connectivity index (χ2v) is 4.11. The molecule has 0 aliphatic rings. The number of ether oxygens (including phenoxy) is 1. The van der Waals surface area contributed by atoms with E-state index in [2.05, 4.69) is 0 Å². The molecule has 17 heavy (non-hydrogen) atoms. The molecule has 0 saturated heterocycles. The standard InChI is InChI=1S/C13H14ClNO2/c14-13-6-10(7-15)3-4-11(13)8-16-9-12-2-1-5-17-12/h1-6H,7-9,15H2. The molecular formula is C13H14ClNO2. The molecule has 3 nitrogen and oxygen atoms in total. The van der Waals surface area contributed by atoms with Gasteiger partial charge in [0, 0.05) is 11.6 Å². The first-order valence-corrected chi connectivity index (χ1v) is 5.75. The van der Waals surface area contributed by atoms with Crippen LogP contribution in [0.25, 0.3) is 0 Å². The van der Waals surface area contributed by atoms with Crippen molar-refractivity contribution in [3.05, 3.63) is 58.5 Å². The van der Waals surface area contributed by atoms with Crippen molar-refractivity contribution < 1.29 is 9.15 Å². The van der Waals surface area contributed by atoms with Gasteiger partial charge in [0.15, 0.2) is 0 Å². The minimum atomic E-state index is 0.446. The highest BCUT2D eigenvalue weighted by molar-refractivity contribution is 6.31. The molecule has 0 radical (unpaired) electrons. The first kappa shape index (κ1) is 12.2. The van der Waals surface area contributed by atoms with Gasteiger partial charge in [0.2, 0.25) is 0 Å². The molecule has 1 heterocycles. The molecule has 0 atom stereocenters. The third-order valence-electron chi connectivity index (χ3n) is 2.44. The van der Waals surface area contributed by atoms with Gasteiger partial charge in [-0.05, 0) is 29.3 Å². The number of hydrogen-bond donors (Lipinski definition) is 1. The van der Waals surface area contributed by atoms with Gasteiger partial charge in [-0.3, -0.25) is 0 Å². The molecule has 0 aliphatic carbocycles. The van der Waals surface area contributed by atoms with Crippen LogP contribution in [0.3, 0.4) is 0 Å². The lowest BCUT2D eigenvalue weighted by Gasteiger charge is -2.06. The Bertz CT molecular complexity index is 468. The van der Waals surface area contributed by atoms with Gasteiger partial charge in [-0.2, -0.15) is 0 Å². The minimum Gasteiger partial charge on any atom is -0.467 e. The van der Waals surface area contributed by atoms with E-state index in [0.29, 0.717) is 24.8 Å². The maximum Gasteiger partial charge on any atom is 0.129 e. The third kappa shape index (κ3) is 3.33. The fourth-order valence-electron chi connectivity index (χ4n) is 1.49. The molecule has 1 aromatic carbocycles. The Hall–Kier alpha value is -1.29. The lowest BCUT2D eigenvalue weighted by Crippen LogP contribution is -1.98. The van der Waals surface area contributed by atoms with Crippen molar-refractivity contribution in [2.75, 3.05) is 0 Å². The maximum atomic E-state index is 6.11. The van der Waals surface area contributed by atoms with Crippen LogP contribution in [0.1, 0.15) is 16.9 Å². The summed E-state index contributed by atoms with van der Waals surface area (Å²) in [6.07, 6.45) is 1.63. The minimum absolute atomic E-state index is 0.446. The average molecular weight is 252 g/mol. The van der Waals surface area contributed by atoms with Crippen molar-refractivity contribution in [1.29, 1.82) is 0 Å². The predicted molar refractivity (Wildman–Crippen MR) is 66.5 cm³/mol. The molecular weight excluding hydrogens is 238 g/mol. The van der Waals surface area contributed by atoms with E-state index in [1.807, 2.05) is 30.3 Å². The Morgan fingerprint density at radius 1 is 1.24 bits per heavy atom. The molecule has 0 unspecified atom stereocenters. The van der Waals surface area contributed by atoms with Crippen molar-refractivity contribution >= 4 is 11.6 Å². The van der Waals surface area contributed by atoms with Crippen LogP contribution in [-0.4, -0.2) is 0 Å². The SMILES string of the molecule is NCc1ccc(COCc2ccco2)c(Cl)c1. The highest BCUT2D eigenvalue weighted by Gasteiger charge is 2.02. The number of halogens is 1. The number of nitrogens with two attached hydrogens (primary N) is 1. The first-order chi connectivity index (χ1) is 8.29. The molecule has 0 bridgehead atoms. The topological polar surface area (TPSA) is 48.4 Å². The molecule has 2 N–H and O–H groups in total. The van der Waals surface area contributed by atoms with Crippen molar-refractivity contribution in [1.82, 2.24) is 0 Å². The summed E-state index contributed by atoms with van der Waals surface area (Å²) < 4.78 is 10.7. The summed E-state index contributed by atoms with van der Waals surface area (Å²) in [5.41, 5.74) is 7.50. The Morgan fingerprint density at radius 2 is 2.12 bits per heavy atom. The fourth-order valence-corrected chi connectivity index (χ4v) is 1.75. The van der Waals surface area contributed by atoms with Gasteiger partial charge in [-0.25, -0.2) is 0 Å². The molecule has 0 aliphatic heterocycles. The van der Waals surface area contributed by atoms with Gasteiger partial charge in [0.1, 0.15) is 12.4 Å². The smallest absolute Gasteiger partial charge is 0.129 e. The molecule has 0 spiro atoms. The Balaban J connectivity index is 1.90. The average Bonchev–Trinajstić information content (AvgIpc) is 2.84. The lowest BCUT2D eigenvalue weighted by atomic mass is 10.1. The Labute approximate surface area is 105 Å². The van der Waals surface area contributed by atoms with Crippen molar-refractivity contribution in [3.63, 3.8) is 0 Å². The number of rotatable bonds is 5. The van der Waals surface area contributed by atoms with E-state index >= 15 is 0 Å². The zero-order valence-corrected chi connectivity index (χ0v) is 10.1. The molecule has 4 heteroatoms. The summed E-state index contributed by atoms with van der Waals surface area (Å²) in [6, 6.07) is 9.47. The molecule has 0 fully saturated rings. The number of benzene rings is 1. The van der Waals surface area contributed by atoms with Crippen LogP contribution in [0.4, 0.5) is 0 Å². The summed E-state index contributed by atoms with van der Waals surface area (Å²) in [5.74, 6) is 0.805. The van der Waals surface area contributed by atoms with Crippen LogP contribution in [0.15, 0.2) is 41.0 Å². The predicted octanol–water partition coefficient (Wildman–Crippen LogP) is 3.11. The summed E-state index contributed by atoms with van der Waals surface area (Å²) in [7, 11) is 0. The van der Waals surface area contributed by atoms with Gasteiger partial charge < -0.3 is 14.9 Å². The number of hydrogen-bond acceptors (Lipinski definition) is 3. The van der Waals surface area contributed by atoms with Crippen LogP contribution >= 0.6 is 11.6 Å². The van der Waals surface area contributed by atoms with Crippen molar-refractivity contribution in [2.24, 2.45) is 5.73 Å². The molecule has 2 rings (SSSR count). The van der Waals surface area contributed by atoms with Crippen molar-refractivity contribution in [3.8, 4) is 0 Å². The summed E-state index contributed by atoms with van der Waals surface area (Å²) in [4.78, 5) is 0. The van der Waals surface area contributed by atoms with E-state index in [4.69, 9.17) is 26.5 Å². The maximum absolute atomic E-state index is 6.11. The largest absolute Gasteiger partial charge is 0.467 e. The summed E-state index contributed by atoms with van der Waals surface area (Å²) in [6.45, 7) is 1.40. The molecule has 2 aromatic rings. The molecule has 0 saturated carbocycles. The van der Waals surface area contributed by atoms with Crippen LogP contribution in [0.2, 0.25) is 5.02 Å². The molecule has 90 valence electrons.